The first-order valence-corrected chi connectivity index (χ1v) is 8.52. The average Bonchev–Trinajstić information content (AvgIpc) is 3.05. The van der Waals surface area contributed by atoms with Crippen LogP contribution in [0.15, 0.2) is 45.7 Å². The third kappa shape index (κ3) is 4.97. The van der Waals surface area contributed by atoms with E-state index in [1.54, 1.807) is 25.1 Å². The number of aromatic nitrogens is 2. The van der Waals surface area contributed by atoms with Crippen LogP contribution in [0.1, 0.15) is 17.0 Å². The molecule has 1 N–H and O–H groups in total. The predicted octanol–water partition coefficient (Wildman–Crippen LogP) is 1.14. The quantitative estimate of drug-likeness (QED) is 0.607. The van der Waals surface area contributed by atoms with E-state index in [1.165, 1.54) is 6.07 Å². The summed E-state index contributed by atoms with van der Waals surface area (Å²) in [6, 6.07) is 10.1. The molecule has 2 heterocycles. The van der Waals surface area contributed by atoms with Crippen LogP contribution >= 0.6 is 0 Å². The van der Waals surface area contributed by atoms with Crippen molar-refractivity contribution >= 4 is 17.5 Å². The molecule has 1 amide bonds. The first-order chi connectivity index (χ1) is 13.4. The SMILES string of the molecule is Cc1ccc(OCC(=O)NCC(=O)OCc2cc(=O)n3oc(C)cc3n2)cc1. The third-order valence-electron chi connectivity index (χ3n) is 3.73. The number of fused-ring (bicyclic) bond motifs is 1. The van der Waals surface area contributed by atoms with Crippen LogP contribution in [0.4, 0.5) is 0 Å². The van der Waals surface area contributed by atoms with Gasteiger partial charge < -0.3 is 19.3 Å². The average molecular weight is 385 g/mol. The van der Waals surface area contributed by atoms with Crippen molar-refractivity contribution in [3.8, 4) is 5.75 Å². The van der Waals surface area contributed by atoms with Gasteiger partial charge in [-0.3, -0.25) is 14.4 Å². The van der Waals surface area contributed by atoms with E-state index < -0.39 is 17.4 Å². The molecule has 0 atom stereocenters. The number of hydrogen-bond acceptors (Lipinski definition) is 7. The van der Waals surface area contributed by atoms with Crippen LogP contribution in [0.2, 0.25) is 0 Å². The molecule has 9 heteroatoms. The van der Waals surface area contributed by atoms with Crippen molar-refractivity contribution < 1.29 is 23.6 Å². The Hall–Kier alpha value is -3.62. The van der Waals surface area contributed by atoms with Gasteiger partial charge in [0, 0.05) is 12.1 Å². The van der Waals surface area contributed by atoms with E-state index in [2.05, 4.69) is 10.3 Å². The van der Waals surface area contributed by atoms with Gasteiger partial charge in [-0.1, -0.05) is 17.7 Å². The fourth-order valence-electron chi connectivity index (χ4n) is 2.36. The topological polar surface area (TPSA) is 112 Å². The zero-order chi connectivity index (χ0) is 20.1. The summed E-state index contributed by atoms with van der Waals surface area (Å²) in [5, 5.41) is 2.40. The lowest BCUT2D eigenvalue weighted by Gasteiger charge is -2.08. The Balaban J connectivity index is 1.43. The minimum atomic E-state index is -0.658. The van der Waals surface area contributed by atoms with Crippen LogP contribution in [-0.4, -0.2) is 34.6 Å². The van der Waals surface area contributed by atoms with Crippen LogP contribution in [0.5, 0.6) is 5.75 Å². The van der Waals surface area contributed by atoms with E-state index in [9.17, 15) is 14.4 Å². The molecule has 2 aromatic heterocycles. The molecule has 3 rings (SSSR count). The van der Waals surface area contributed by atoms with Crippen LogP contribution in [0.3, 0.4) is 0 Å². The second kappa shape index (κ2) is 8.38. The van der Waals surface area contributed by atoms with Crippen LogP contribution in [0, 0.1) is 13.8 Å². The molecule has 0 aliphatic carbocycles. The summed E-state index contributed by atoms with van der Waals surface area (Å²) in [5.74, 6) is -0.0156. The molecule has 0 fully saturated rings. The Morgan fingerprint density at radius 1 is 1.18 bits per heavy atom. The Morgan fingerprint density at radius 2 is 1.93 bits per heavy atom. The number of esters is 1. The van der Waals surface area contributed by atoms with Gasteiger partial charge in [-0.25, -0.2) is 4.98 Å². The van der Waals surface area contributed by atoms with Gasteiger partial charge in [-0.15, -0.1) is 4.57 Å². The number of amides is 1. The molecule has 0 aliphatic rings. The largest absolute Gasteiger partial charge is 0.484 e. The Kier molecular flexibility index (Phi) is 5.73. The van der Waals surface area contributed by atoms with Crippen molar-refractivity contribution in [1.82, 2.24) is 14.9 Å². The third-order valence-corrected chi connectivity index (χ3v) is 3.73. The summed E-state index contributed by atoms with van der Waals surface area (Å²) in [7, 11) is 0. The molecule has 0 saturated carbocycles. The normalized spacial score (nSPS) is 10.6. The number of rotatable bonds is 7. The van der Waals surface area contributed by atoms with Crippen molar-refractivity contribution in [3.63, 3.8) is 0 Å². The lowest BCUT2D eigenvalue weighted by molar-refractivity contribution is -0.145. The number of nitrogens with one attached hydrogen (secondary N) is 1. The number of carbonyl (C=O) groups is 2. The molecule has 0 unspecified atom stereocenters. The maximum absolute atomic E-state index is 11.9. The van der Waals surface area contributed by atoms with Crippen molar-refractivity contribution in [2.24, 2.45) is 0 Å². The number of aryl methyl sites for hydroxylation is 2. The maximum atomic E-state index is 11.9. The predicted molar refractivity (Wildman–Crippen MR) is 97.9 cm³/mol. The Bertz CT molecular complexity index is 1050. The van der Waals surface area contributed by atoms with Gasteiger partial charge in [-0.05, 0) is 26.0 Å². The molecular weight excluding hydrogens is 366 g/mol. The molecule has 9 nitrogen and oxygen atoms in total. The number of nitrogens with zero attached hydrogens (tertiary/aromatic N) is 2. The van der Waals surface area contributed by atoms with E-state index in [4.69, 9.17) is 14.0 Å². The summed E-state index contributed by atoms with van der Waals surface area (Å²) in [4.78, 5) is 39.6. The van der Waals surface area contributed by atoms with E-state index in [1.807, 2.05) is 19.1 Å². The van der Waals surface area contributed by atoms with Gasteiger partial charge in [0.2, 0.25) is 0 Å². The molecule has 0 aliphatic heterocycles. The monoisotopic (exact) mass is 385 g/mol. The number of benzene rings is 1. The number of carbonyl (C=O) groups excluding carboxylic acids is 2. The van der Waals surface area contributed by atoms with Crippen molar-refractivity contribution in [1.29, 1.82) is 0 Å². The van der Waals surface area contributed by atoms with Crippen molar-refractivity contribution in [3.05, 3.63) is 63.8 Å². The molecular formula is C19H19N3O6. The first-order valence-electron chi connectivity index (χ1n) is 8.52. The van der Waals surface area contributed by atoms with Crippen molar-refractivity contribution in [2.75, 3.05) is 13.2 Å². The maximum Gasteiger partial charge on any atom is 0.325 e. The van der Waals surface area contributed by atoms with E-state index in [0.29, 0.717) is 17.2 Å². The van der Waals surface area contributed by atoms with Gasteiger partial charge in [0.15, 0.2) is 12.3 Å². The van der Waals surface area contributed by atoms with Gasteiger partial charge in [0.05, 0.1) is 5.69 Å². The zero-order valence-corrected chi connectivity index (χ0v) is 15.4. The summed E-state index contributed by atoms with van der Waals surface area (Å²) < 4.78 is 16.6. The minimum absolute atomic E-state index is 0.190. The molecule has 3 aromatic rings. The van der Waals surface area contributed by atoms with E-state index in [-0.39, 0.29) is 25.5 Å². The van der Waals surface area contributed by atoms with E-state index >= 15 is 0 Å². The van der Waals surface area contributed by atoms with Gasteiger partial charge in [0.25, 0.3) is 11.5 Å². The molecule has 0 spiro atoms. The molecule has 0 radical (unpaired) electrons. The second-order valence-electron chi connectivity index (χ2n) is 6.12. The van der Waals surface area contributed by atoms with Crippen LogP contribution in [-0.2, 0) is 20.9 Å². The summed E-state index contributed by atoms with van der Waals surface area (Å²) in [6.07, 6.45) is 0. The molecule has 0 bridgehead atoms. The fourth-order valence-corrected chi connectivity index (χ4v) is 2.36. The first kappa shape index (κ1) is 19.2. The second-order valence-corrected chi connectivity index (χ2v) is 6.12. The highest BCUT2D eigenvalue weighted by atomic mass is 16.5. The molecule has 146 valence electrons. The number of ether oxygens (including phenoxy) is 2. The molecule has 28 heavy (non-hydrogen) atoms. The van der Waals surface area contributed by atoms with Crippen LogP contribution < -0.4 is 15.6 Å². The van der Waals surface area contributed by atoms with E-state index in [0.717, 1.165) is 10.1 Å². The summed E-state index contributed by atoms with van der Waals surface area (Å²) in [5.41, 5.74) is 1.29. The highest BCUT2D eigenvalue weighted by Gasteiger charge is 2.11. The zero-order valence-electron chi connectivity index (χ0n) is 15.4. The Labute approximate surface area is 159 Å². The van der Waals surface area contributed by atoms with Crippen LogP contribution in [0.25, 0.3) is 5.65 Å². The lowest BCUT2D eigenvalue weighted by Crippen LogP contribution is -2.34. The lowest BCUT2D eigenvalue weighted by atomic mass is 10.2. The van der Waals surface area contributed by atoms with Crippen molar-refractivity contribution in [2.45, 2.75) is 20.5 Å². The highest BCUT2D eigenvalue weighted by Crippen LogP contribution is 2.11. The standard InChI is InChI=1S/C19H19N3O6/c1-12-3-5-15(6-4-12)26-11-17(23)20-9-19(25)27-10-14-8-18(24)22-16(21-14)7-13(2)28-22/h3-8H,9-11H2,1-2H3,(H,20,23). The smallest absolute Gasteiger partial charge is 0.325 e. The van der Waals surface area contributed by atoms with Gasteiger partial charge in [0.1, 0.15) is 24.7 Å². The van der Waals surface area contributed by atoms with Gasteiger partial charge in [-0.2, -0.15) is 0 Å². The Morgan fingerprint density at radius 3 is 2.68 bits per heavy atom. The molecule has 0 saturated heterocycles. The highest BCUT2D eigenvalue weighted by molar-refractivity contribution is 5.82. The minimum Gasteiger partial charge on any atom is -0.484 e. The molecule has 1 aromatic carbocycles. The summed E-state index contributed by atoms with van der Waals surface area (Å²) >= 11 is 0. The van der Waals surface area contributed by atoms with Gasteiger partial charge >= 0.3 is 5.97 Å². The fraction of sp³-hybridized carbons (Fsp3) is 0.263. The summed E-state index contributed by atoms with van der Waals surface area (Å²) in [6.45, 7) is 2.92. The number of hydrogen-bond donors (Lipinski definition) is 1.